The number of amides is 2. The molecule has 0 saturated heterocycles. The van der Waals surface area contributed by atoms with Crippen molar-refractivity contribution in [1.82, 2.24) is 8.61 Å². The van der Waals surface area contributed by atoms with E-state index < -0.39 is 58.1 Å². The highest BCUT2D eigenvalue weighted by Gasteiger charge is 2.35. The van der Waals surface area contributed by atoms with Crippen molar-refractivity contribution in [3.63, 3.8) is 0 Å². The smallest absolute Gasteiger partial charge is 0.288 e. The van der Waals surface area contributed by atoms with Crippen molar-refractivity contribution in [3.8, 4) is 0 Å². The van der Waals surface area contributed by atoms with Crippen LogP contribution in [0, 0.1) is 0 Å². The van der Waals surface area contributed by atoms with Gasteiger partial charge in [0, 0.05) is 31.1 Å². The predicted octanol–water partition coefficient (Wildman–Crippen LogP) is 8.31. The van der Waals surface area contributed by atoms with Crippen LogP contribution in [0.2, 0.25) is 15.1 Å². The summed E-state index contributed by atoms with van der Waals surface area (Å²) in [6, 6.07) is 14.4. The van der Waals surface area contributed by atoms with Gasteiger partial charge in [-0.25, -0.2) is 25.3 Å². The Labute approximate surface area is 343 Å². The van der Waals surface area contributed by atoms with Gasteiger partial charge in [-0.1, -0.05) is 74.3 Å². The average molecular weight is 912 g/mol. The van der Waals surface area contributed by atoms with Crippen molar-refractivity contribution in [3.05, 3.63) is 105 Å². The molecule has 302 valence electrons. The first-order valence-electron chi connectivity index (χ1n) is 16.6. The molecule has 21 heteroatoms. The standard InChI is InChI=1S/C35H35Cl3F2N4O8S4/c1-5-42(6-2)54(47,48)24-13-16-29(36)27(19-24)33(45)41-32-21-26(15-18-31(32)38)56(51,52)44(22-9-11-23(12-10-22)53-35(39)40)34(46)28-20-25(14-17-30(28)37)55(49,50)43(7-3)8-4/h9-21,35H,5-8H2,1-4H3,(H,41,45). The highest BCUT2D eigenvalue weighted by atomic mass is 35.5. The van der Waals surface area contributed by atoms with Gasteiger partial charge in [-0.15, -0.1) is 0 Å². The number of alkyl halides is 2. The number of nitrogens with one attached hydrogen (secondary N) is 1. The number of thioether (sulfide) groups is 1. The maximum absolute atomic E-state index is 14.5. The Morgan fingerprint density at radius 3 is 1.52 bits per heavy atom. The molecule has 0 fully saturated rings. The van der Waals surface area contributed by atoms with Gasteiger partial charge in [0.05, 0.1) is 52.3 Å². The summed E-state index contributed by atoms with van der Waals surface area (Å²) in [5.74, 6) is -5.07. The number of sulfonamides is 3. The first-order chi connectivity index (χ1) is 26.2. The SMILES string of the molecule is CCN(CC)S(=O)(=O)c1ccc(Cl)c(C(=O)Nc2cc(S(=O)(=O)N(C(=O)c3cc(S(=O)(=O)N(CC)CC)ccc3Cl)c3ccc(SC(F)F)cc3)ccc2Cl)c1. The topological polar surface area (TPSA) is 158 Å². The van der Waals surface area contributed by atoms with E-state index in [2.05, 4.69) is 5.32 Å². The maximum atomic E-state index is 14.5. The van der Waals surface area contributed by atoms with Crippen LogP contribution in [0.4, 0.5) is 20.2 Å². The minimum absolute atomic E-state index is 0.0445. The van der Waals surface area contributed by atoms with Crippen LogP contribution < -0.4 is 9.62 Å². The Hall–Kier alpha value is -3.33. The third-order valence-electron chi connectivity index (χ3n) is 8.24. The molecular formula is C35H35Cl3F2N4O8S4. The van der Waals surface area contributed by atoms with Crippen molar-refractivity contribution in [1.29, 1.82) is 0 Å². The summed E-state index contributed by atoms with van der Waals surface area (Å²) in [6.45, 7) is 7.02. The molecule has 0 aliphatic heterocycles. The first-order valence-corrected chi connectivity index (χ1v) is 22.9. The fourth-order valence-electron chi connectivity index (χ4n) is 5.39. The van der Waals surface area contributed by atoms with Crippen LogP contribution in [0.5, 0.6) is 0 Å². The van der Waals surface area contributed by atoms with Crippen LogP contribution >= 0.6 is 46.6 Å². The van der Waals surface area contributed by atoms with Gasteiger partial charge >= 0.3 is 0 Å². The summed E-state index contributed by atoms with van der Waals surface area (Å²) in [6.07, 6.45) is 0. The molecule has 0 bridgehead atoms. The summed E-state index contributed by atoms with van der Waals surface area (Å²) >= 11 is 19.2. The largest absolute Gasteiger partial charge is 0.321 e. The van der Waals surface area contributed by atoms with E-state index in [1.54, 1.807) is 27.7 Å². The molecule has 0 spiro atoms. The number of nitrogens with zero attached hydrogens (tertiary/aromatic N) is 3. The summed E-state index contributed by atoms with van der Waals surface area (Å²) in [5, 5.41) is 1.84. The normalized spacial score (nSPS) is 12.4. The minimum Gasteiger partial charge on any atom is -0.321 e. The van der Waals surface area contributed by atoms with Crippen molar-refractivity contribution < 1.29 is 43.6 Å². The maximum Gasteiger partial charge on any atom is 0.288 e. The van der Waals surface area contributed by atoms with Gasteiger partial charge in [-0.3, -0.25) is 9.59 Å². The predicted molar refractivity (Wildman–Crippen MR) is 215 cm³/mol. The second kappa shape index (κ2) is 18.5. The van der Waals surface area contributed by atoms with Gasteiger partial charge in [0.2, 0.25) is 20.0 Å². The van der Waals surface area contributed by atoms with Gasteiger partial charge in [0.1, 0.15) is 0 Å². The Morgan fingerprint density at radius 2 is 1.05 bits per heavy atom. The Kier molecular flexibility index (Phi) is 15.0. The summed E-state index contributed by atoms with van der Waals surface area (Å²) < 4.78 is 111. The van der Waals surface area contributed by atoms with Gasteiger partial charge in [0.25, 0.3) is 27.6 Å². The molecule has 0 saturated carbocycles. The van der Waals surface area contributed by atoms with E-state index >= 15 is 0 Å². The molecule has 0 unspecified atom stereocenters. The average Bonchev–Trinajstić information content (AvgIpc) is 3.13. The van der Waals surface area contributed by atoms with E-state index in [0.29, 0.717) is 4.31 Å². The quantitative estimate of drug-likeness (QED) is 0.109. The van der Waals surface area contributed by atoms with Gasteiger partial charge in [0.15, 0.2) is 0 Å². The number of halogens is 5. The zero-order chi connectivity index (χ0) is 41.7. The zero-order valence-corrected chi connectivity index (χ0v) is 35.6. The third kappa shape index (κ3) is 9.67. The lowest BCUT2D eigenvalue weighted by Crippen LogP contribution is -2.37. The second-order valence-electron chi connectivity index (χ2n) is 11.5. The van der Waals surface area contributed by atoms with Crippen molar-refractivity contribution in [2.45, 2.75) is 53.0 Å². The molecule has 4 aromatic rings. The molecule has 1 N–H and O–H groups in total. The van der Waals surface area contributed by atoms with E-state index in [0.717, 1.165) is 71.0 Å². The van der Waals surface area contributed by atoms with Gasteiger partial charge in [-0.05, 0) is 78.9 Å². The molecule has 4 rings (SSSR count). The number of hydrogen-bond donors (Lipinski definition) is 1. The molecule has 0 aromatic heterocycles. The van der Waals surface area contributed by atoms with E-state index in [-0.39, 0.29) is 84.6 Å². The fraction of sp³-hybridized carbons (Fsp3) is 0.257. The number of rotatable bonds is 16. The molecule has 2 amide bonds. The van der Waals surface area contributed by atoms with Crippen molar-refractivity contribution in [2.24, 2.45) is 0 Å². The molecule has 0 radical (unpaired) electrons. The number of anilines is 2. The number of hydrogen-bond acceptors (Lipinski definition) is 9. The fourth-order valence-corrected chi connectivity index (χ4v) is 10.9. The van der Waals surface area contributed by atoms with Crippen molar-refractivity contribution in [2.75, 3.05) is 35.8 Å². The van der Waals surface area contributed by atoms with Crippen LogP contribution in [0.1, 0.15) is 48.4 Å². The Bertz CT molecular complexity index is 2450. The molecule has 0 atom stereocenters. The highest BCUT2D eigenvalue weighted by molar-refractivity contribution is 7.99. The number of benzene rings is 4. The van der Waals surface area contributed by atoms with Crippen LogP contribution in [-0.4, -0.2) is 77.6 Å². The molecule has 12 nitrogen and oxygen atoms in total. The summed E-state index contributed by atoms with van der Waals surface area (Å²) in [4.78, 5) is 26.8. The first kappa shape index (κ1) is 45.4. The molecule has 0 heterocycles. The van der Waals surface area contributed by atoms with Gasteiger partial charge in [-0.2, -0.15) is 21.7 Å². The van der Waals surface area contributed by atoms with E-state index in [1.807, 2.05) is 0 Å². The molecule has 0 aliphatic carbocycles. The molecule has 0 aliphatic rings. The van der Waals surface area contributed by atoms with Crippen LogP contribution in [0.3, 0.4) is 0 Å². The van der Waals surface area contributed by atoms with Crippen LogP contribution in [0.25, 0.3) is 0 Å². The van der Waals surface area contributed by atoms with Crippen LogP contribution in [-0.2, 0) is 30.1 Å². The molecule has 4 aromatic carbocycles. The lowest BCUT2D eigenvalue weighted by Gasteiger charge is -2.24. The molecule has 56 heavy (non-hydrogen) atoms. The monoisotopic (exact) mass is 910 g/mol. The third-order valence-corrected chi connectivity index (χ3v) is 15.8. The Morgan fingerprint density at radius 1 is 0.625 bits per heavy atom. The van der Waals surface area contributed by atoms with E-state index in [1.165, 1.54) is 16.4 Å². The highest BCUT2D eigenvalue weighted by Crippen LogP contribution is 2.35. The lowest BCUT2D eigenvalue weighted by atomic mass is 10.2. The van der Waals surface area contributed by atoms with Crippen LogP contribution in [0.15, 0.2) is 98.4 Å². The van der Waals surface area contributed by atoms with E-state index in [9.17, 15) is 43.6 Å². The number of carbonyl (C=O) groups excluding carboxylic acids is 2. The van der Waals surface area contributed by atoms with Gasteiger partial charge < -0.3 is 5.32 Å². The summed E-state index contributed by atoms with van der Waals surface area (Å²) in [5.41, 5.74) is -1.42. The number of carbonyl (C=O) groups is 2. The minimum atomic E-state index is -5.03. The summed E-state index contributed by atoms with van der Waals surface area (Å²) in [7, 11) is -13.2. The lowest BCUT2D eigenvalue weighted by molar-refractivity contribution is 0.100. The molecular weight excluding hydrogens is 877 g/mol. The zero-order valence-electron chi connectivity index (χ0n) is 30.0. The Balaban J connectivity index is 1.84. The van der Waals surface area contributed by atoms with E-state index in [4.69, 9.17) is 34.8 Å². The van der Waals surface area contributed by atoms with Crippen molar-refractivity contribution >= 4 is 99.8 Å². The second-order valence-corrected chi connectivity index (χ2v) is 19.5.